The Morgan fingerprint density at radius 2 is 1.85 bits per heavy atom. The second kappa shape index (κ2) is 5.70. The Hall–Kier alpha value is -3.09. The summed E-state index contributed by atoms with van der Waals surface area (Å²) in [6.07, 6.45) is 0.903. The lowest BCUT2D eigenvalue weighted by Crippen LogP contribution is -2.43. The van der Waals surface area contributed by atoms with Gasteiger partial charge in [-0.25, -0.2) is 0 Å². The van der Waals surface area contributed by atoms with Crippen molar-refractivity contribution in [3.63, 3.8) is 0 Å². The molecule has 3 unspecified atom stereocenters. The number of rotatable bonds is 1. The summed E-state index contributed by atoms with van der Waals surface area (Å²) in [5.41, 5.74) is 6.56. The number of aromatic hydroxyl groups is 1. The molecule has 3 aliphatic carbocycles. The van der Waals surface area contributed by atoms with Gasteiger partial charge in [-0.3, -0.25) is 14.4 Å². The minimum absolute atomic E-state index is 0.0442. The van der Waals surface area contributed by atoms with Crippen LogP contribution in [0.25, 0.3) is 0 Å². The monoisotopic (exact) mass is 369 g/mol. The largest absolute Gasteiger partial charge is 0.511 e. The zero-order valence-corrected chi connectivity index (χ0v) is 14.7. The van der Waals surface area contributed by atoms with Crippen molar-refractivity contribution >= 4 is 17.5 Å². The van der Waals surface area contributed by atoms with E-state index in [0.29, 0.717) is 12.8 Å². The summed E-state index contributed by atoms with van der Waals surface area (Å²) in [4.78, 5) is 37.3. The molecule has 0 saturated heterocycles. The molecule has 140 valence electrons. The molecule has 5 N–H and O–H groups in total. The molecule has 0 fully saturated rings. The van der Waals surface area contributed by atoms with Crippen LogP contribution >= 0.6 is 0 Å². The molecule has 27 heavy (non-hydrogen) atoms. The Morgan fingerprint density at radius 3 is 2.52 bits per heavy atom. The number of benzene rings is 1. The van der Waals surface area contributed by atoms with Crippen LogP contribution in [0.4, 0.5) is 0 Å². The summed E-state index contributed by atoms with van der Waals surface area (Å²) in [7, 11) is 0. The first-order chi connectivity index (χ1) is 12.7. The maximum Gasteiger partial charge on any atom is 0.255 e. The quantitative estimate of drug-likeness (QED) is 0.557. The van der Waals surface area contributed by atoms with E-state index in [4.69, 9.17) is 5.73 Å². The number of allylic oxidation sites excluding steroid dienone is 3. The van der Waals surface area contributed by atoms with Gasteiger partial charge in [0.25, 0.3) is 5.91 Å². The second-order valence-corrected chi connectivity index (χ2v) is 7.51. The third-order valence-electron chi connectivity index (χ3n) is 6.00. The number of phenolic OH excluding ortho intramolecular Hbond substituents is 1. The molecule has 0 aromatic heterocycles. The second-order valence-electron chi connectivity index (χ2n) is 7.51. The van der Waals surface area contributed by atoms with E-state index in [9.17, 15) is 29.7 Å². The number of ketones is 2. The number of phenols is 1. The smallest absolute Gasteiger partial charge is 0.255 e. The fraction of sp³-hybridized carbons (Fsp3) is 0.350. The molecular weight excluding hydrogens is 350 g/mol. The number of hydrogen-bond donors (Lipinski definition) is 4. The number of carbonyl (C=O) groups excluding carboxylic acids is 3. The Morgan fingerprint density at radius 1 is 1.15 bits per heavy atom. The SMILES string of the molecule is Cc1ccc(O)c2c1CC1CC3CC(O)=C(C(N)=O)C(=O)C3C(O)=C1C2=O. The number of primary amides is 1. The van der Waals surface area contributed by atoms with Crippen LogP contribution in [-0.2, 0) is 16.0 Å². The number of aliphatic hydroxyl groups excluding tert-OH is 2. The highest BCUT2D eigenvalue weighted by atomic mass is 16.3. The lowest BCUT2D eigenvalue weighted by atomic mass is 9.62. The fourth-order valence-corrected chi connectivity index (χ4v) is 4.79. The Bertz CT molecular complexity index is 986. The number of nitrogens with two attached hydrogens (primary N) is 1. The molecule has 0 bridgehead atoms. The van der Waals surface area contributed by atoms with Crippen molar-refractivity contribution < 1.29 is 29.7 Å². The first-order valence-corrected chi connectivity index (χ1v) is 8.77. The van der Waals surface area contributed by atoms with Crippen molar-refractivity contribution in [1.82, 2.24) is 0 Å². The number of aliphatic hydroxyl groups is 2. The molecule has 0 radical (unpaired) electrons. The van der Waals surface area contributed by atoms with E-state index in [1.165, 1.54) is 6.07 Å². The molecular formula is C20H19NO6. The molecule has 0 saturated carbocycles. The van der Waals surface area contributed by atoms with Gasteiger partial charge in [-0.2, -0.15) is 0 Å². The van der Waals surface area contributed by atoms with Crippen LogP contribution in [0.3, 0.4) is 0 Å². The molecule has 1 aromatic carbocycles. The molecule has 3 atom stereocenters. The zero-order valence-electron chi connectivity index (χ0n) is 14.7. The molecule has 3 aliphatic rings. The van der Waals surface area contributed by atoms with Crippen molar-refractivity contribution in [1.29, 1.82) is 0 Å². The van der Waals surface area contributed by atoms with Gasteiger partial charge in [0.05, 0.1) is 11.5 Å². The molecule has 7 nitrogen and oxygen atoms in total. The van der Waals surface area contributed by atoms with E-state index in [1.807, 2.05) is 6.92 Å². The topological polar surface area (TPSA) is 138 Å². The first kappa shape index (κ1) is 17.3. The Kier molecular flexibility index (Phi) is 3.66. The van der Waals surface area contributed by atoms with E-state index < -0.39 is 34.9 Å². The molecule has 0 aliphatic heterocycles. The standard InChI is InChI=1S/C20H19NO6/c1-7-2-3-11(22)15-10(7)5-8-4-9-6-12(23)16(20(21)27)19(26)14(9)17(24)13(8)18(15)25/h2-3,8-9,14,22-24H,4-6H2,1H3,(H2,21,27). The zero-order chi connectivity index (χ0) is 19.6. The molecule has 0 spiro atoms. The van der Waals surface area contributed by atoms with E-state index >= 15 is 0 Å². The van der Waals surface area contributed by atoms with Crippen molar-refractivity contribution in [2.75, 3.05) is 0 Å². The summed E-state index contributed by atoms with van der Waals surface area (Å²) in [6, 6.07) is 3.17. The lowest BCUT2D eigenvalue weighted by Gasteiger charge is -2.41. The summed E-state index contributed by atoms with van der Waals surface area (Å²) in [6.45, 7) is 1.85. The van der Waals surface area contributed by atoms with Crippen LogP contribution < -0.4 is 5.73 Å². The summed E-state index contributed by atoms with van der Waals surface area (Å²) >= 11 is 0. The van der Waals surface area contributed by atoms with Gasteiger partial charge in [-0.1, -0.05) is 6.07 Å². The molecule has 1 aromatic rings. The minimum Gasteiger partial charge on any atom is -0.511 e. The van der Waals surface area contributed by atoms with E-state index in [0.717, 1.165) is 11.1 Å². The highest BCUT2D eigenvalue weighted by molar-refractivity contribution is 6.22. The van der Waals surface area contributed by atoms with Crippen molar-refractivity contribution in [3.05, 3.63) is 51.5 Å². The summed E-state index contributed by atoms with van der Waals surface area (Å²) in [5.74, 6) is -5.00. The maximum atomic E-state index is 13.1. The first-order valence-electron chi connectivity index (χ1n) is 8.77. The third kappa shape index (κ3) is 2.31. The van der Waals surface area contributed by atoms with Gasteiger partial charge >= 0.3 is 0 Å². The van der Waals surface area contributed by atoms with Crippen LogP contribution in [0.5, 0.6) is 5.75 Å². The van der Waals surface area contributed by atoms with Gasteiger partial charge < -0.3 is 21.1 Å². The van der Waals surface area contributed by atoms with Crippen molar-refractivity contribution in [2.24, 2.45) is 23.5 Å². The van der Waals surface area contributed by atoms with Gasteiger partial charge in [-0.15, -0.1) is 0 Å². The number of hydrogen-bond acceptors (Lipinski definition) is 6. The van der Waals surface area contributed by atoms with E-state index in [1.54, 1.807) is 6.07 Å². The predicted molar refractivity (Wildman–Crippen MR) is 94.1 cm³/mol. The molecule has 1 amide bonds. The third-order valence-corrected chi connectivity index (χ3v) is 6.00. The average molecular weight is 369 g/mol. The number of fused-ring (bicyclic) bond motifs is 3. The summed E-state index contributed by atoms with van der Waals surface area (Å²) < 4.78 is 0. The number of aryl methyl sites for hydroxylation is 1. The Balaban J connectivity index is 1.86. The minimum atomic E-state index is -1.08. The molecule has 4 rings (SSSR count). The highest BCUT2D eigenvalue weighted by Gasteiger charge is 2.50. The molecule has 7 heteroatoms. The fourth-order valence-electron chi connectivity index (χ4n) is 4.79. The number of carbonyl (C=O) groups is 3. The summed E-state index contributed by atoms with van der Waals surface area (Å²) in [5, 5.41) is 31.1. The van der Waals surface area contributed by atoms with E-state index in [-0.39, 0.29) is 40.7 Å². The van der Waals surface area contributed by atoms with Crippen LogP contribution in [-0.4, -0.2) is 32.8 Å². The van der Waals surface area contributed by atoms with Gasteiger partial charge in [0.15, 0.2) is 11.6 Å². The van der Waals surface area contributed by atoms with Crippen LogP contribution in [0.2, 0.25) is 0 Å². The number of amides is 1. The molecule has 0 heterocycles. The lowest BCUT2D eigenvalue weighted by molar-refractivity contribution is -0.126. The van der Waals surface area contributed by atoms with Crippen LogP contribution in [0.15, 0.2) is 34.8 Å². The maximum absolute atomic E-state index is 13.1. The Labute approximate surface area is 154 Å². The average Bonchev–Trinajstić information content (AvgIpc) is 2.57. The van der Waals surface area contributed by atoms with Gasteiger partial charge in [0.1, 0.15) is 22.8 Å². The van der Waals surface area contributed by atoms with Gasteiger partial charge in [0, 0.05) is 12.0 Å². The predicted octanol–water partition coefficient (Wildman–Crippen LogP) is 1.77. The van der Waals surface area contributed by atoms with Crippen LogP contribution in [0.1, 0.15) is 34.3 Å². The number of Topliss-reactive ketones (excluding diaryl/α,β-unsaturated/α-hetero) is 2. The van der Waals surface area contributed by atoms with Gasteiger partial charge in [0.2, 0.25) is 0 Å². The van der Waals surface area contributed by atoms with Crippen molar-refractivity contribution in [3.8, 4) is 5.75 Å². The van der Waals surface area contributed by atoms with E-state index in [2.05, 4.69) is 0 Å². The van der Waals surface area contributed by atoms with Crippen molar-refractivity contribution in [2.45, 2.75) is 26.2 Å². The normalized spacial score (nSPS) is 27.2. The van der Waals surface area contributed by atoms with Crippen LogP contribution in [0, 0.1) is 24.7 Å². The highest BCUT2D eigenvalue weighted by Crippen LogP contribution is 2.49. The van der Waals surface area contributed by atoms with Gasteiger partial charge in [-0.05, 0) is 48.8 Å².